The fourth-order valence-electron chi connectivity index (χ4n) is 3.60. The fourth-order valence-corrected chi connectivity index (χ4v) is 3.60. The van der Waals surface area contributed by atoms with Gasteiger partial charge in [0.15, 0.2) is 11.2 Å². The number of ether oxygens (including phenoxy) is 4. The summed E-state index contributed by atoms with van der Waals surface area (Å²) < 4.78 is 33.3. The molecule has 4 rings (SSSR count). The standard InChI is InChI=1S/C20H23NO7.ClH/c1-12-14-16(23-2)13-4-8-26-17(13)19(24-3)18(14)28-15(12)20(22)27-11-7-21-5-9-25-10-6-21;/h4,8H,5-7,9-11H2,1-3H3;1H. The van der Waals surface area contributed by atoms with E-state index in [4.69, 9.17) is 27.8 Å². The topological polar surface area (TPSA) is 83.5 Å². The normalized spacial score (nSPS) is 14.7. The number of aryl methyl sites for hydroxylation is 1. The van der Waals surface area contributed by atoms with Crippen molar-refractivity contribution in [3.05, 3.63) is 23.7 Å². The van der Waals surface area contributed by atoms with Crippen molar-refractivity contribution >= 4 is 40.3 Å². The van der Waals surface area contributed by atoms with Crippen LogP contribution in [0.5, 0.6) is 11.5 Å². The second kappa shape index (κ2) is 8.94. The van der Waals surface area contributed by atoms with Crippen LogP contribution in [0.1, 0.15) is 16.1 Å². The molecule has 0 N–H and O–H groups in total. The van der Waals surface area contributed by atoms with Gasteiger partial charge < -0.3 is 27.8 Å². The molecule has 29 heavy (non-hydrogen) atoms. The highest BCUT2D eigenvalue weighted by molar-refractivity contribution is 6.10. The number of esters is 1. The van der Waals surface area contributed by atoms with E-state index in [1.54, 1.807) is 26.4 Å². The molecule has 1 aromatic carbocycles. The van der Waals surface area contributed by atoms with Crippen LogP contribution in [0.4, 0.5) is 0 Å². The predicted octanol–water partition coefficient (Wildman–Crippen LogP) is 3.42. The minimum atomic E-state index is -0.511. The van der Waals surface area contributed by atoms with Crippen molar-refractivity contribution in [1.29, 1.82) is 0 Å². The Hall–Kier alpha value is -2.42. The van der Waals surface area contributed by atoms with Crippen LogP contribution < -0.4 is 9.47 Å². The Balaban J connectivity index is 0.00000240. The number of fused-ring (bicyclic) bond motifs is 2. The number of carbonyl (C=O) groups excluding carboxylic acids is 1. The second-order valence-corrected chi connectivity index (χ2v) is 6.58. The lowest BCUT2D eigenvalue weighted by atomic mass is 10.1. The molecule has 0 amide bonds. The van der Waals surface area contributed by atoms with Crippen LogP contribution in [-0.2, 0) is 9.47 Å². The molecule has 9 heteroatoms. The summed E-state index contributed by atoms with van der Waals surface area (Å²) in [7, 11) is 3.10. The number of hydrogen-bond donors (Lipinski definition) is 0. The van der Waals surface area contributed by atoms with Crippen molar-refractivity contribution in [3.63, 3.8) is 0 Å². The molecule has 0 saturated carbocycles. The van der Waals surface area contributed by atoms with Crippen molar-refractivity contribution in [2.45, 2.75) is 6.92 Å². The maximum atomic E-state index is 12.6. The highest BCUT2D eigenvalue weighted by Gasteiger charge is 2.28. The number of morpholine rings is 1. The van der Waals surface area contributed by atoms with Gasteiger partial charge >= 0.3 is 5.97 Å². The van der Waals surface area contributed by atoms with E-state index < -0.39 is 5.97 Å². The zero-order valence-electron chi connectivity index (χ0n) is 16.6. The van der Waals surface area contributed by atoms with Gasteiger partial charge in [0.05, 0.1) is 44.5 Å². The molecular formula is C20H24ClNO7. The SMILES string of the molecule is COc1c2occc2c(OC)c2c(C)c(C(=O)OCCN3CCOCC3)oc12.Cl. The lowest BCUT2D eigenvalue weighted by molar-refractivity contribution is 0.0182. The molecule has 0 atom stereocenters. The van der Waals surface area contributed by atoms with E-state index in [-0.39, 0.29) is 24.8 Å². The van der Waals surface area contributed by atoms with Crippen LogP contribution in [-0.4, -0.2) is 64.5 Å². The zero-order valence-corrected chi connectivity index (χ0v) is 17.4. The van der Waals surface area contributed by atoms with Crippen LogP contribution in [0.25, 0.3) is 21.9 Å². The maximum absolute atomic E-state index is 12.6. The second-order valence-electron chi connectivity index (χ2n) is 6.58. The first kappa shape index (κ1) is 21.3. The number of hydrogen-bond acceptors (Lipinski definition) is 8. The molecule has 1 saturated heterocycles. The van der Waals surface area contributed by atoms with E-state index in [0.29, 0.717) is 53.4 Å². The molecule has 3 heterocycles. The first-order chi connectivity index (χ1) is 13.7. The third kappa shape index (κ3) is 3.75. The summed E-state index contributed by atoms with van der Waals surface area (Å²) in [4.78, 5) is 14.8. The third-order valence-electron chi connectivity index (χ3n) is 5.03. The Kier molecular flexibility index (Phi) is 6.56. The first-order valence-corrected chi connectivity index (χ1v) is 9.17. The van der Waals surface area contributed by atoms with E-state index in [0.717, 1.165) is 18.5 Å². The molecule has 3 aromatic rings. The van der Waals surface area contributed by atoms with Crippen LogP contribution in [0, 0.1) is 6.92 Å². The minimum absolute atomic E-state index is 0. The summed E-state index contributed by atoms with van der Waals surface area (Å²) in [5.41, 5.74) is 1.55. The molecule has 0 bridgehead atoms. The van der Waals surface area contributed by atoms with Crippen LogP contribution in [0.2, 0.25) is 0 Å². The van der Waals surface area contributed by atoms with E-state index >= 15 is 0 Å². The van der Waals surface area contributed by atoms with E-state index in [9.17, 15) is 4.79 Å². The number of carbonyl (C=O) groups is 1. The maximum Gasteiger partial charge on any atom is 0.374 e. The Morgan fingerprint density at radius 1 is 1.14 bits per heavy atom. The molecule has 8 nitrogen and oxygen atoms in total. The summed E-state index contributed by atoms with van der Waals surface area (Å²) in [6.45, 7) is 5.84. The Bertz CT molecular complexity index is 1000. The first-order valence-electron chi connectivity index (χ1n) is 9.17. The van der Waals surface area contributed by atoms with E-state index in [1.165, 1.54) is 7.11 Å². The van der Waals surface area contributed by atoms with Crippen LogP contribution >= 0.6 is 12.4 Å². The molecule has 1 fully saturated rings. The van der Waals surface area contributed by atoms with Gasteiger partial charge in [-0.05, 0) is 13.0 Å². The van der Waals surface area contributed by atoms with Crippen molar-refractivity contribution in [3.8, 4) is 11.5 Å². The lowest BCUT2D eigenvalue weighted by Crippen LogP contribution is -2.38. The van der Waals surface area contributed by atoms with E-state index in [1.807, 2.05) is 0 Å². The monoisotopic (exact) mass is 425 g/mol. The molecule has 0 unspecified atom stereocenters. The predicted molar refractivity (Wildman–Crippen MR) is 109 cm³/mol. The molecule has 0 radical (unpaired) electrons. The fraction of sp³-hybridized carbons (Fsp3) is 0.450. The number of nitrogens with zero attached hydrogens (tertiary/aromatic N) is 1. The lowest BCUT2D eigenvalue weighted by Gasteiger charge is -2.26. The number of rotatable bonds is 6. The summed E-state index contributed by atoms with van der Waals surface area (Å²) in [6.07, 6.45) is 1.56. The van der Waals surface area contributed by atoms with Crippen molar-refractivity contribution < 1.29 is 32.6 Å². The Labute approximate surface area is 174 Å². The van der Waals surface area contributed by atoms with Crippen LogP contribution in [0.15, 0.2) is 21.2 Å². The highest BCUT2D eigenvalue weighted by atomic mass is 35.5. The third-order valence-corrected chi connectivity index (χ3v) is 5.03. The Morgan fingerprint density at radius 3 is 2.55 bits per heavy atom. The van der Waals surface area contributed by atoms with Gasteiger partial charge in [-0.3, -0.25) is 4.90 Å². The molecule has 2 aromatic heterocycles. The molecule has 0 spiro atoms. The summed E-state index contributed by atoms with van der Waals surface area (Å²) in [5, 5.41) is 1.43. The molecule has 1 aliphatic rings. The summed E-state index contributed by atoms with van der Waals surface area (Å²) in [5.74, 6) is 0.628. The van der Waals surface area contributed by atoms with Gasteiger partial charge in [-0.15, -0.1) is 12.4 Å². The number of methoxy groups -OCH3 is 2. The summed E-state index contributed by atoms with van der Waals surface area (Å²) in [6, 6.07) is 1.79. The van der Waals surface area contributed by atoms with Gasteiger partial charge in [-0.25, -0.2) is 4.79 Å². The highest BCUT2D eigenvalue weighted by Crippen LogP contribution is 2.46. The average molecular weight is 426 g/mol. The van der Waals surface area contributed by atoms with Crippen molar-refractivity contribution in [1.82, 2.24) is 4.90 Å². The van der Waals surface area contributed by atoms with Gasteiger partial charge in [-0.1, -0.05) is 0 Å². The molecule has 0 aliphatic carbocycles. The number of halogens is 1. The van der Waals surface area contributed by atoms with Gasteiger partial charge in [0.2, 0.25) is 11.5 Å². The largest absolute Gasteiger partial charge is 0.495 e. The van der Waals surface area contributed by atoms with Crippen LogP contribution in [0.3, 0.4) is 0 Å². The number of furan rings is 2. The minimum Gasteiger partial charge on any atom is -0.495 e. The number of benzene rings is 1. The van der Waals surface area contributed by atoms with Gasteiger partial charge in [0.1, 0.15) is 12.4 Å². The van der Waals surface area contributed by atoms with Gasteiger partial charge in [-0.2, -0.15) is 0 Å². The Morgan fingerprint density at radius 2 is 1.86 bits per heavy atom. The van der Waals surface area contributed by atoms with Crippen molar-refractivity contribution in [2.24, 2.45) is 0 Å². The quantitative estimate of drug-likeness (QED) is 0.555. The smallest absolute Gasteiger partial charge is 0.374 e. The average Bonchev–Trinajstić information content (AvgIpc) is 3.32. The zero-order chi connectivity index (χ0) is 19.7. The van der Waals surface area contributed by atoms with Gasteiger partial charge in [0.25, 0.3) is 0 Å². The van der Waals surface area contributed by atoms with Gasteiger partial charge in [0, 0.05) is 25.2 Å². The molecule has 1 aliphatic heterocycles. The molecular weight excluding hydrogens is 402 g/mol. The van der Waals surface area contributed by atoms with E-state index in [2.05, 4.69) is 4.90 Å². The summed E-state index contributed by atoms with van der Waals surface area (Å²) >= 11 is 0. The molecule has 158 valence electrons. The van der Waals surface area contributed by atoms with Crippen molar-refractivity contribution in [2.75, 3.05) is 53.7 Å².